The Morgan fingerprint density at radius 3 is 3.00 bits per heavy atom. The van der Waals surface area contributed by atoms with E-state index in [4.69, 9.17) is 17.3 Å². The predicted octanol–water partition coefficient (Wildman–Crippen LogP) is 1.75. The van der Waals surface area contributed by atoms with Crippen molar-refractivity contribution in [1.82, 2.24) is 9.88 Å². The van der Waals surface area contributed by atoms with Gasteiger partial charge in [0.25, 0.3) is 0 Å². The largest absolute Gasteiger partial charge is 0.465 e. The molecular weight excluding hydrogens is 254 g/mol. The Morgan fingerprint density at radius 1 is 1.61 bits per heavy atom. The van der Waals surface area contributed by atoms with Crippen LogP contribution in [-0.4, -0.2) is 39.7 Å². The Hall–Kier alpha value is -1.33. The van der Waals surface area contributed by atoms with Gasteiger partial charge in [-0.05, 0) is 30.9 Å². The molecule has 3 N–H and O–H groups in total. The summed E-state index contributed by atoms with van der Waals surface area (Å²) in [5.74, 6) is 0. The van der Waals surface area contributed by atoms with Gasteiger partial charge in [-0.25, -0.2) is 9.78 Å². The van der Waals surface area contributed by atoms with Gasteiger partial charge in [-0.2, -0.15) is 0 Å². The monoisotopic (exact) mass is 269 g/mol. The van der Waals surface area contributed by atoms with Crippen LogP contribution in [0.25, 0.3) is 0 Å². The molecule has 0 saturated carbocycles. The number of rotatable bonds is 2. The van der Waals surface area contributed by atoms with Crippen molar-refractivity contribution in [3.05, 3.63) is 29.0 Å². The van der Waals surface area contributed by atoms with Crippen molar-refractivity contribution in [2.75, 3.05) is 6.54 Å². The number of hydrogen-bond donors (Lipinski definition) is 2. The molecular formula is C12H16ClN3O2. The number of likely N-dealkylation sites (tertiary alicyclic amines) is 1. The lowest BCUT2D eigenvalue weighted by atomic mass is 9.92. The summed E-state index contributed by atoms with van der Waals surface area (Å²) in [6, 6.07) is 3.26. The summed E-state index contributed by atoms with van der Waals surface area (Å²) in [5, 5.41) is 9.61. The lowest BCUT2D eigenvalue weighted by Gasteiger charge is -2.38. The Labute approximate surface area is 111 Å². The lowest BCUT2D eigenvalue weighted by molar-refractivity contribution is 0.0974. The molecule has 1 aliphatic heterocycles. The number of halogens is 1. The molecule has 1 saturated heterocycles. The number of pyridine rings is 1. The van der Waals surface area contributed by atoms with Gasteiger partial charge in [0.15, 0.2) is 0 Å². The average Bonchev–Trinajstić information content (AvgIpc) is 2.34. The molecule has 2 rings (SSSR count). The highest BCUT2D eigenvalue weighted by Gasteiger charge is 2.32. The van der Waals surface area contributed by atoms with E-state index < -0.39 is 6.09 Å². The summed E-state index contributed by atoms with van der Waals surface area (Å²) in [6.07, 6.45) is 3.02. The minimum Gasteiger partial charge on any atom is -0.465 e. The Kier molecular flexibility index (Phi) is 4.04. The molecule has 1 aliphatic rings. The third-order valence-corrected chi connectivity index (χ3v) is 3.53. The van der Waals surface area contributed by atoms with Gasteiger partial charge in [0.2, 0.25) is 0 Å². The van der Waals surface area contributed by atoms with Gasteiger partial charge in [0.1, 0.15) is 5.15 Å². The van der Waals surface area contributed by atoms with E-state index in [1.165, 1.54) is 4.90 Å². The van der Waals surface area contributed by atoms with Crippen molar-refractivity contribution in [3.63, 3.8) is 0 Å². The molecule has 98 valence electrons. The van der Waals surface area contributed by atoms with E-state index in [1.807, 2.05) is 6.07 Å². The van der Waals surface area contributed by atoms with Gasteiger partial charge < -0.3 is 15.7 Å². The van der Waals surface area contributed by atoms with Crippen LogP contribution in [0.5, 0.6) is 0 Å². The molecule has 2 unspecified atom stereocenters. The van der Waals surface area contributed by atoms with E-state index in [1.54, 1.807) is 12.3 Å². The molecule has 1 amide bonds. The second-order valence-corrected chi connectivity index (χ2v) is 4.93. The van der Waals surface area contributed by atoms with Gasteiger partial charge in [0.05, 0.1) is 6.04 Å². The zero-order chi connectivity index (χ0) is 13.1. The van der Waals surface area contributed by atoms with Crippen molar-refractivity contribution in [2.24, 2.45) is 5.73 Å². The smallest absolute Gasteiger partial charge is 0.407 e. The molecule has 6 heteroatoms. The van der Waals surface area contributed by atoms with Crippen molar-refractivity contribution >= 4 is 17.7 Å². The molecule has 18 heavy (non-hydrogen) atoms. The zero-order valence-corrected chi connectivity index (χ0v) is 10.7. The summed E-state index contributed by atoms with van der Waals surface area (Å²) in [5.41, 5.74) is 6.99. The molecule has 0 aliphatic carbocycles. The maximum Gasteiger partial charge on any atom is 0.407 e. The van der Waals surface area contributed by atoms with Crippen LogP contribution in [0.2, 0.25) is 5.15 Å². The van der Waals surface area contributed by atoms with Crippen LogP contribution in [0.3, 0.4) is 0 Å². The van der Waals surface area contributed by atoms with Crippen LogP contribution in [0.4, 0.5) is 4.79 Å². The summed E-state index contributed by atoms with van der Waals surface area (Å²) in [4.78, 5) is 16.6. The minimum absolute atomic E-state index is 0.120. The van der Waals surface area contributed by atoms with Gasteiger partial charge in [-0.3, -0.25) is 0 Å². The average molecular weight is 270 g/mol. The van der Waals surface area contributed by atoms with Crippen LogP contribution >= 0.6 is 11.6 Å². The first-order valence-corrected chi connectivity index (χ1v) is 6.31. The first-order valence-electron chi connectivity index (χ1n) is 5.93. The van der Waals surface area contributed by atoms with E-state index in [9.17, 15) is 9.90 Å². The maximum atomic E-state index is 11.2. The second-order valence-electron chi connectivity index (χ2n) is 4.54. The third-order valence-electron chi connectivity index (χ3n) is 3.31. The number of amides is 1. The summed E-state index contributed by atoms with van der Waals surface area (Å²) < 4.78 is 0. The molecule has 1 aromatic rings. The number of carboxylic acid groups (broad SMARTS) is 1. The van der Waals surface area contributed by atoms with Crippen LogP contribution in [0.15, 0.2) is 18.3 Å². The normalized spacial score (nSPS) is 24.0. The Morgan fingerprint density at radius 2 is 2.39 bits per heavy atom. The van der Waals surface area contributed by atoms with E-state index in [0.29, 0.717) is 18.1 Å². The fourth-order valence-corrected chi connectivity index (χ4v) is 2.47. The number of nitrogens with two attached hydrogens (primary N) is 1. The first kappa shape index (κ1) is 13.1. The number of nitrogens with zero attached hydrogens (tertiary/aromatic N) is 2. The molecule has 5 nitrogen and oxygen atoms in total. The number of hydrogen-bond acceptors (Lipinski definition) is 3. The number of carbonyl (C=O) groups is 1. The standard InChI is InChI=1S/C12H16ClN3O2/c13-11-4-3-8(7-15-11)6-10-9(14)2-1-5-16(10)12(17)18/h3-4,7,9-10H,1-2,5-6,14H2,(H,17,18). The summed E-state index contributed by atoms with van der Waals surface area (Å²) >= 11 is 5.72. The minimum atomic E-state index is -0.905. The van der Waals surface area contributed by atoms with Crippen LogP contribution < -0.4 is 5.73 Å². The molecule has 1 aromatic heterocycles. The summed E-state index contributed by atoms with van der Waals surface area (Å²) in [6.45, 7) is 0.550. The van der Waals surface area contributed by atoms with Gasteiger partial charge >= 0.3 is 6.09 Å². The molecule has 0 radical (unpaired) electrons. The number of piperidine rings is 1. The SMILES string of the molecule is NC1CCCN(C(=O)O)C1Cc1ccc(Cl)nc1. The van der Waals surface area contributed by atoms with E-state index >= 15 is 0 Å². The van der Waals surface area contributed by atoms with Gasteiger partial charge in [-0.15, -0.1) is 0 Å². The lowest BCUT2D eigenvalue weighted by Crippen LogP contribution is -2.54. The second kappa shape index (κ2) is 5.54. The van der Waals surface area contributed by atoms with Crippen molar-refractivity contribution in [1.29, 1.82) is 0 Å². The molecule has 2 atom stereocenters. The van der Waals surface area contributed by atoms with Gasteiger partial charge in [0, 0.05) is 18.8 Å². The van der Waals surface area contributed by atoms with Crippen LogP contribution in [-0.2, 0) is 6.42 Å². The zero-order valence-electron chi connectivity index (χ0n) is 9.92. The first-order chi connectivity index (χ1) is 8.58. The summed E-state index contributed by atoms with van der Waals surface area (Å²) in [7, 11) is 0. The van der Waals surface area contributed by atoms with E-state index in [2.05, 4.69) is 4.98 Å². The Balaban J connectivity index is 2.13. The highest BCUT2D eigenvalue weighted by Crippen LogP contribution is 2.20. The highest BCUT2D eigenvalue weighted by atomic mass is 35.5. The maximum absolute atomic E-state index is 11.2. The topological polar surface area (TPSA) is 79.5 Å². The Bertz CT molecular complexity index is 424. The molecule has 0 bridgehead atoms. The highest BCUT2D eigenvalue weighted by molar-refractivity contribution is 6.29. The van der Waals surface area contributed by atoms with Crippen LogP contribution in [0.1, 0.15) is 18.4 Å². The van der Waals surface area contributed by atoms with Crippen molar-refractivity contribution < 1.29 is 9.90 Å². The van der Waals surface area contributed by atoms with Crippen LogP contribution in [0, 0.1) is 0 Å². The van der Waals surface area contributed by atoms with Crippen molar-refractivity contribution in [3.8, 4) is 0 Å². The molecule has 1 fully saturated rings. The molecule has 0 spiro atoms. The number of aromatic nitrogens is 1. The van der Waals surface area contributed by atoms with E-state index in [0.717, 1.165) is 18.4 Å². The molecule has 0 aromatic carbocycles. The predicted molar refractivity (Wildman–Crippen MR) is 68.7 cm³/mol. The van der Waals surface area contributed by atoms with Crippen molar-refractivity contribution in [2.45, 2.75) is 31.3 Å². The van der Waals surface area contributed by atoms with Gasteiger partial charge in [-0.1, -0.05) is 17.7 Å². The fourth-order valence-electron chi connectivity index (χ4n) is 2.35. The quantitative estimate of drug-likeness (QED) is 0.802. The molecule has 2 heterocycles. The fraction of sp³-hybridized carbons (Fsp3) is 0.500. The van der Waals surface area contributed by atoms with E-state index in [-0.39, 0.29) is 12.1 Å². The third kappa shape index (κ3) is 2.91.